The van der Waals surface area contributed by atoms with Crippen molar-refractivity contribution in [2.45, 2.75) is 4.90 Å². The molecule has 2 N–H and O–H groups in total. The van der Waals surface area contributed by atoms with Crippen LogP contribution in [0.25, 0.3) is 22.8 Å². The molecule has 0 saturated carbocycles. The molecule has 2 aromatic carbocycles. The minimum Gasteiger partial charge on any atom is -0.496 e. The maximum absolute atomic E-state index is 13.3. The number of hydrogen-bond donors (Lipinski definition) is 1. The van der Waals surface area contributed by atoms with Crippen LogP contribution in [0.2, 0.25) is 0 Å². The first kappa shape index (κ1) is 16.1. The first-order valence-electron chi connectivity index (χ1n) is 6.69. The molecule has 0 amide bonds. The second-order valence-electron chi connectivity index (χ2n) is 4.84. The number of sulfonamides is 1. The highest BCUT2D eigenvalue weighted by Crippen LogP contribution is 2.32. The van der Waals surface area contributed by atoms with Crippen LogP contribution in [0, 0.1) is 5.82 Å². The first-order valence-corrected chi connectivity index (χ1v) is 8.24. The number of benzene rings is 2. The molecule has 0 radical (unpaired) electrons. The lowest BCUT2D eigenvalue weighted by Gasteiger charge is -2.06. The number of nitrogens with zero attached hydrogens (tertiary/aromatic N) is 2. The molecule has 0 aliphatic carbocycles. The lowest BCUT2D eigenvalue weighted by molar-refractivity contribution is 0.404. The van der Waals surface area contributed by atoms with Gasteiger partial charge in [0, 0.05) is 11.6 Å². The van der Waals surface area contributed by atoms with Gasteiger partial charge in [0.2, 0.25) is 15.8 Å². The fourth-order valence-corrected chi connectivity index (χ4v) is 2.63. The van der Waals surface area contributed by atoms with Crippen LogP contribution in [0.3, 0.4) is 0 Å². The molecule has 0 unspecified atom stereocenters. The number of primary sulfonamides is 1. The summed E-state index contributed by atoms with van der Waals surface area (Å²) in [6, 6.07) is 9.76. The summed E-state index contributed by atoms with van der Waals surface area (Å²) in [6.45, 7) is 0. The molecule has 0 aliphatic heterocycles. The second kappa shape index (κ2) is 6.02. The Morgan fingerprint density at radius 2 is 2.00 bits per heavy atom. The molecule has 0 spiro atoms. The number of ether oxygens (including phenoxy) is 1. The van der Waals surface area contributed by atoms with Crippen molar-refractivity contribution in [1.82, 2.24) is 10.1 Å². The van der Waals surface area contributed by atoms with Gasteiger partial charge in [0.1, 0.15) is 11.6 Å². The lowest BCUT2D eigenvalue weighted by Crippen LogP contribution is -2.12. The van der Waals surface area contributed by atoms with E-state index in [1.54, 1.807) is 6.07 Å². The van der Waals surface area contributed by atoms with Gasteiger partial charge in [-0.3, -0.25) is 0 Å². The summed E-state index contributed by atoms with van der Waals surface area (Å²) in [5.41, 5.74) is 0.838. The Kier molecular flexibility index (Phi) is 4.04. The topological polar surface area (TPSA) is 108 Å². The van der Waals surface area contributed by atoms with Crippen molar-refractivity contribution < 1.29 is 22.1 Å². The van der Waals surface area contributed by atoms with Crippen molar-refractivity contribution >= 4 is 10.0 Å². The van der Waals surface area contributed by atoms with E-state index in [0.717, 1.165) is 0 Å². The Morgan fingerprint density at radius 3 is 2.67 bits per heavy atom. The van der Waals surface area contributed by atoms with Gasteiger partial charge in [0.05, 0.1) is 17.6 Å². The number of nitrogens with two attached hydrogens (primary N) is 1. The zero-order chi connectivity index (χ0) is 17.3. The van der Waals surface area contributed by atoms with Crippen molar-refractivity contribution in [3.63, 3.8) is 0 Å². The lowest BCUT2D eigenvalue weighted by atomic mass is 10.2. The summed E-state index contributed by atoms with van der Waals surface area (Å²) in [7, 11) is -2.49. The Bertz CT molecular complexity index is 1000. The fraction of sp³-hybridized carbons (Fsp3) is 0.0667. The van der Waals surface area contributed by atoms with Crippen molar-refractivity contribution in [2.24, 2.45) is 5.14 Å². The fourth-order valence-electron chi connectivity index (χ4n) is 2.10. The van der Waals surface area contributed by atoms with E-state index in [2.05, 4.69) is 10.1 Å². The molecule has 24 heavy (non-hydrogen) atoms. The van der Waals surface area contributed by atoms with Crippen LogP contribution >= 0.6 is 0 Å². The highest BCUT2D eigenvalue weighted by molar-refractivity contribution is 7.89. The van der Waals surface area contributed by atoms with Crippen LogP contribution in [0.1, 0.15) is 0 Å². The van der Waals surface area contributed by atoms with Crippen LogP contribution < -0.4 is 9.88 Å². The van der Waals surface area contributed by atoms with Gasteiger partial charge >= 0.3 is 0 Å². The monoisotopic (exact) mass is 349 g/mol. The quantitative estimate of drug-likeness (QED) is 0.773. The number of methoxy groups -OCH3 is 1. The maximum atomic E-state index is 13.3. The predicted octanol–water partition coefficient (Wildman–Crippen LogP) is 2.20. The van der Waals surface area contributed by atoms with Crippen LogP contribution in [0.15, 0.2) is 51.9 Å². The molecule has 9 heteroatoms. The Morgan fingerprint density at radius 1 is 1.21 bits per heavy atom. The maximum Gasteiger partial charge on any atom is 0.262 e. The number of aromatic nitrogens is 2. The third kappa shape index (κ3) is 3.12. The van der Waals surface area contributed by atoms with E-state index in [4.69, 9.17) is 14.4 Å². The molecule has 1 heterocycles. The van der Waals surface area contributed by atoms with E-state index in [1.807, 2.05) is 0 Å². The molecule has 0 saturated heterocycles. The van der Waals surface area contributed by atoms with Gasteiger partial charge in [-0.05, 0) is 24.3 Å². The SMILES string of the molecule is COc1cc(S(N)(=O)=O)ccc1-c1nc(-c2cccc(F)c2)no1. The van der Waals surface area contributed by atoms with Crippen molar-refractivity contribution in [1.29, 1.82) is 0 Å². The number of hydrogen-bond acceptors (Lipinski definition) is 6. The molecule has 0 fully saturated rings. The third-order valence-corrected chi connectivity index (χ3v) is 4.15. The van der Waals surface area contributed by atoms with E-state index in [9.17, 15) is 12.8 Å². The molecule has 0 atom stereocenters. The van der Waals surface area contributed by atoms with Gasteiger partial charge in [-0.1, -0.05) is 17.3 Å². The van der Waals surface area contributed by atoms with Crippen molar-refractivity contribution in [2.75, 3.05) is 7.11 Å². The molecule has 1 aromatic heterocycles. The predicted molar refractivity (Wildman–Crippen MR) is 83.1 cm³/mol. The van der Waals surface area contributed by atoms with E-state index < -0.39 is 15.8 Å². The van der Waals surface area contributed by atoms with Crippen molar-refractivity contribution in [3.05, 3.63) is 48.3 Å². The van der Waals surface area contributed by atoms with Crippen LogP contribution in [-0.4, -0.2) is 25.7 Å². The van der Waals surface area contributed by atoms with Gasteiger partial charge in [-0.2, -0.15) is 4.98 Å². The van der Waals surface area contributed by atoms with Crippen LogP contribution in [0.4, 0.5) is 4.39 Å². The van der Waals surface area contributed by atoms with Gasteiger partial charge < -0.3 is 9.26 Å². The zero-order valence-corrected chi connectivity index (χ0v) is 13.2. The number of rotatable bonds is 4. The molecule has 7 nitrogen and oxygen atoms in total. The van der Waals surface area contributed by atoms with E-state index in [-0.39, 0.29) is 22.4 Å². The Labute approximate surface area is 136 Å². The summed E-state index contributed by atoms with van der Waals surface area (Å²) in [5, 5.41) is 8.89. The van der Waals surface area contributed by atoms with Crippen molar-refractivity contribution in [3.8, 4) is 28.6 Å². The summed E-state index contributed by atoms with van der Waals surface area (Å²) < 4.78 is 46.4. The summed E-state index contributed by atoms with van der Waals surface area (Å²) in [6.07, 6.45) is 0. The average Bonchev–Trinajstić information content (AvgIpc) is 3.03. The average molecular weight is 349 g/mol. The van der Waals surface area contributed by atoms with E-state index in [0.29, 0.717) is 11.1 Å². The molecule has 3 aromatic rings. The van der Waals surface area contributed by atoms with Crippen LogP contribution in [-0.2, 0) is 10.0 Å². The summed E-state index contributed by atoms with van der Waals surface area (Å²) in [4.78, 5) is 4.08. The Balaban J connectivity index is 2.04. The third-order valence-electron chi connectivity index (χ3n) is 3.24. The molecule has 3 rings (SSSR count). The smallest absolute Gasteiger partial charge is 0.262 e. The van der Waals surface area contributed by atoms with Gasteiger partial charge in [-0.15, -0.1) is 0 Å². The highest BCUT2D eigenvalue weighted by atomic mass is 32.2. The largest absolute Gasteiger partial charge is 0.496 e. The van der Waals surface area contributed by atoms with Gasteiger partial charge in [-0.25, -0.2) is 17.9 Å². The molecule has 0 bridgehead atoms. The summed E-state index contributed by atoms with van der Waals surface area (Å²) >= 11 is 0. The minimum absolute atomic E-state index is 0.104. The van der Waals surface area contributed by atoms with Crippen LogP contribution in [0.5, 0.6) is 5.75 Å². The molecular weight excluding hydrogens is 337 g/mol. The zero-order valence-electron chi connectivity index (χ0n) is 12.4. The molecule has 124 valence electrons. The second-order valence-corrected chi connectivity index (χ2v) is 6.40. The minimum atomic E-state index is -3.87. The van der Waals surface area contributed by atoms with Gasteiger partial charge in [0.15, 0.2) is 0 Å². The number of halogens is 1. The molecule has 0 aliphatic rings. The summed E-state index contributed by atoms with van der Waals surface area (Å²) in [5.74, 6) is 0.0825. The van der Waals surface area contributed by atoms with Gasteiger partial charge in [0.25, 0.3) is 5.89 Å². The molecular formula is C15H12FN3O4S. The first-order chi connectivity index (χ1) is 11.4. The van der Waals surface area contributed by atoms with E-state index in [1.165, 1.54) is 43.5 Å². The van der Waals surface area contributed by atoms with E-state index >= 15 is 0 Å². The standard InChI is InChI=1S/C15H12FN3O4S/c1-22-13-8-11(24(17,20)21)5-6-12(13)15-18-14(19-23-15)9-3-2-4-10(16)7-9/h2-8H,1H3,(H2,17,20,21). The Hall–Kier alpha value is -2.78. The normalized spacial score (nSPS) is 11.5. The highest BCUT2D eigenvalue weighted by Gasteiger charge is 2.18.